The summed E-state index contributed by atoms with van der Waals surface area (Å²) in [4.78, 5) is 16.0. The van der Waals surface area contributed by atoms with Crippen LogP contribution >= 0.6 is 11.8 Å². The largest absolute Gasteiger partial charge is 0.446 e. The number of hydrogen-bond donors (Lipinski definition) is 2. The van der Waals surface area contributed by atoms with E-state index in [9.17, 15) is 4.79 Å². The summed E-state index contributed by atoms with van der Waals surface area (Å²) in [7, 11) is 1.58. The zero-order valence-electron chi connectivity index (χ0n) is 11.5. The van der Waals surface area contributed by atoms with Gasteiger partial charge in [-0.1, -0.05) is 0 Å². The predicted octanol–water partition coefficient (Wildman–Crippen LogP) is 1.19. The van der Waals surface area contributed by atoms with Crippen molar-refractivity contribution >= 4 is 17.7 Å². The minimum Gasteiger partial charge on any atom is -0.446 e. The molecular weight excluding hydrogens is 266 g/mol. The predicted molar refractivity (Wildman–Crippen MR) is 75.2 cm³/mol. The molecule has 0 saturated carbocycles. The Morgan fingerprint density at radius 1 is 1.68 bits per heavy atom. The van der Waals surface area contributed by atoms with Gasteiger partial charge >= 0.3 is 0 Å². The number of carbonyl (C=O) groups excluding carboxylic acids is 1. The Balaban J connectivity index is 2.55. The van der Waals surface area contributed by atoms with Gasteiger partial charge in [0.15, 0.2) is 5.69 Å². The molecule has 7 heteroatoms. The van der Waals surface area contributed by atoms with Crippen LogP contribution in [0.2, 0.25) is 0 Å². The Bertz CT molecular complexity index is 397. The van der Waals surface area contributed by atoms with Gasteiger partial charge in [-0.3, -0.25) is 4.79 Å². The molecule has 3 N–H and O–H groups in total. The van der Waals surface area contributed by atoms with Crippen LogP contribution in [0.25, 0.3) is 0 Å². The number of thioether (sulfide) groups is 1. The van der Waals surface area contributed by atoms with Crippen molar-refractivity contribution in [2.24, 2.45) is 5.73 Å². The molecule has 1 aromatic rings. The van der Waals surface area contributed by atoms with Crippen LogP contribution in [0.5, 0.6) is 0 Å². The molecule has 0 aliphatic heterocycles. The maximum atomic E-state index is 11.8. The summed E-state index contributed by atoms with van der Waals surface area (Å²) in [6, 6.07) is -0.354. The molecule has 2 unspecified atom stereocenters. The zero-order valence-corrected chi connectivity index (χ0v) is 12.3. The topological polar surface area (TPSA) is 90.4 Å². The Morgan fingerprint density at radius 2 is 2.42 bits per heavy atom. The first-order valence-corrected chi connectivity index (χ1v) is 7.47. The van der Waals surface area contributed by atoms with Crippen molar-refractivity contribution in [1.29, 1.82) is 0 Å². The average Bonchev–Trinajstić information content (AvgIpc) is 2.85. The fourth-order valence-corrected chi connectivity index (χ4v) is 2.01. The van der Waals surface area contributed by atoms with E-state index in [-0.39, 0.29) is 23.7 Å². The summed E-state index contributed by atoms with van der Waals surface area (Å²) in [6.45, 7) is 2.30. The third kappa shape index (κ3) is 5.22. The van der Waals surface area contributed by atoms with Gasteiger partial charge in [0.1, 0.15) is 6.26 Å². The molecule has 0 aliphatic rings. The first kappa shape index (κ1) is 16.0. The highest BCUT2D eigenvalue weighted by molar-refractivity contribution is 7.98. The lowest BCUT2D eigenvalue weighted by Crippen LogP contribution is -2.35. The molecule has 1 amide bonds. The Hall–Kier alpha value is -1.05. The van der Waals surface area contributed by atoms with E-state index in [1.54, 1.807) is 18.9 Å². The molecule has 0 aromatic carbocycles. The lowest BCUT2D eigenvalue weighted by atomic mass is 10.2. The number of amides is 1. The van der Waals surface area contributed by atoms with Crippen molar-refractivity contribution in [1.82, 2.24) is 10.3 Å². The molecule has 2 atom stereocenters. The maximum absolute atomic E-state index is 11.8. The molecule has 0 spiro atoms. The number of methoxy groups -OCH3 is 1. The van der Waals surface area contributed by atoms with Crippen molar-refractivity contribution in [3.05, 3.63) is 17.8 Å². The number of nitrogens with two attached hydrogens (primary N) is 1. The van der Waals surface area contributed by atoms with E-state index in [4.69, 9.17) is 14.9 Å². The molecule has 0 radical (unpaired) electrons. The number of hydrogen-bond acceptors (Lipinski definition) is 6. The second kappa shape index (κ2) is 8.19. The van der Waals surface area contributed by atoms with Crippen molar-refractivity contribution in [3.63, 3.8) is 0 Å². The van der Waals surface area contributed by atoms with Crippen molar-refractivity contribution in [2.75, 3.05) is 25.7 Å². The fraction of sp³-hybridized carbons (Fsp3) is 0.667. The summed E-state index contributed by atoms with van der Waals surface area (Å²) in [5.41, 5.74) is 6.17. The van der Waals surface area contributed by atoms with Gasteiger partial charge in [0.05, 0.1) is 12.6 Å². The van der Waals surface area contributed by atoms with E-state index in [1.807, 2.05) is 13.2 Å². The lowest BCUT2D eigenvalue weighted by molar-refractivity contribution is 0.0900. The van der Waals surface area contributed by atoms with Crippen LogP contribution in [0, 0.1) is 0 Å². The van der Waals surface area contributed by atoms with Gasteiger partial charge in [-0.05, 0) is 25.4 Å². The summed E-state index contributed by atoms with van der Waals surface area (Å²) in [6.07, 6.45) is 4.12. The van der Waals surface area contributed by atoms with Crippen LogP contribution in [0.4, 0.5) is 0 Å². The van der Waals surface area contributed by atoms with Gasteiger partial charge in [-0.25, -0.2) is 4.98 Å². The normalized spacial score (nSPS) is 14.1. The molecule has 0 saturated heterocycles. The van der Waals surface area contributed by atoms with E-state index in [0.29, 0.717) is 12.5 Å². The van der Waals surface area contributed by atoms with Gasteiger partial charge < -0.3 is 20.2 Å². The van der Waals surface area contributed by atoms with Crippen LogP contribution in [0.15, 0.2) is 10.7 Å². The van der Waals surface area contributed by atoms with Gasteiger partial charge in [0.25, 0.3) is 5.91 Å². The van der Waals surface area contributed by atoms with E-state index < -0.39 is 0 Å². The van der Waals surface area contributed by atoms with E-state index >= 15 is 0 Å². The summed E-state index contributed by atoms with van der Waals surface area (Å²) in [5.74, 6) is 1.05. The van der Waals surface area contributed by atoms with Crippen LogP contribution in [0.1, 0.15) is 35.8 Å². The van der Waals surface area contributed by atoms with E-state index in [2.05, 4.69) is 10.3 Å². The average molecular weight is 287 g/mol. The lowest BCUT2D eigenvalue weighted by Gasteiger charge is -2.10. The molecule has 1 rings (SSSR count). The molecule has 0 aliphatic carbocycles. The zero-order chi connectivity index (χ0) is 14.3. The van der Waals surface area contributed by atoms with E-state index in [0.717, 1.165) is 12.2 Å². The maximum Gasteiger partial charge on any atom is 0.273 e. The minimum absolute atomic E-state index is 0.0807. The third-order valence-corrected chi connectivity index (χ3v) is 3.14. The van der Waals surface area contributed by atoms with Crippen LogP contribution in [0.3, 0.4) is 0 Å². The van der Waals surface area contributed by atoms with Gasteiger partial charge in [0, 0.05) is 13.2 Å². The second-order valence-corrected chi connectivity index (χ2v) is 5.27. The summed E-state index contributed by atoms with van der Waals surface area (Å²) in [5, 5.41) is 2.76. The number of ether oxygens (including phenoxy) is 1. The van der Waals surface area contributed by atoms with Crippen molar-refractivity contribution in [2.45, 2.75) is 25.4 Å². The van der Waals surface area contributed by atoms with Gasteiger partial charge in [-0.15, -0.1) is 0 Å². The molecule has 108 valence electrons. The smallest absolute Gasteiger partial charge is 0.273 e. The Labute approximate surface area is 117 Å². The third-order valence-electron chi connectivity index (χ3n) is 2.50. The minimum atomic E-state index is -0.281. The number of aromatic nitrogens is 1. The quantitative estimate of drug-likeness (QED) is 0.746. The van der Waals surface area contributed by atoms with Crippen LogP contribution in [-0.4, -0.2) is 42.7 Å². The highest BCUT2D eigenvalue weighted by Crippen LogP contribution is 2.15. The van der Waals surface area contributed by atoms with Crippen LogP contribution < -0.4 is 11.1 Å². The number of rotatable bonds is 8. The number of nitrogens with zero attached hydrogens (tertiary/aromatic N) is 1. The van der Waals surface area contributed by atoms with E-state index in [1.165, 1.54) is 6.26 Å². The van der Waals surface area contributed by atoms with Crippen LogP contribution in [-0.2, 0) is 4.74 Å². The highest BCUT2D eigenvalue weighted by Gasteiger charge is 2.17. The van der Waals surface area contributed by atoms with Crippen molar-refractivity contribution < 1.29 is 13.9 Å². The molecule has 19 heavy (non-hydrogen) atoms. The molecule has 6 nitrogen and oxygen atoms in total. The number of carbonyl (C=O) groups is 1. The monoisotopic (exact) mass is 287 g/mol. The van der Waals surface area contributed by atoms with Gasteiger partial charge in [0.2, 0.25) is 5.89 Å². The Kier molecular flexibility index (Phi) is 6.90. The number of nitrogens with one attached hydrogen (secondary N) is 1. The SMILES string of the molecule is COCC(C)NC(=O)c1coc(C(N)CCSC)n1. The molecule has 1 heterocycles. The second-order valence-electron chi connectivity index (χ2n) is 4.29. The first-order chi connectivity index (χ1) is 9.08. The number of oxazole rings is 1. The van der Waals surface area contributed by atoms with Crippen molar-refractivity contribution in [3.8, 4) is 0 Å². The summed E-state index contributed by atoms with van der Waals surface area (Å²) >= 11 is 1.71. The molecular formula is C12H21N3O3S. The summed E-state index contributed by atoms with van der Waals surface area (Å²) < 4.78 is 10.2. The van der Waals surface area contributed by atoms with Gasteiger partial charge in [-0.2, -0.15) is 11.8 Å². The first-order valence-electron chi connectivity index (χ1n) is 6.08. The molecule has 1 aromatic heterocycles. The molecule has 0 fully saturated rings. The molecule has 0 bridgehead atoms. The highest BCUT2D eigenvalue weighted by atomic mass is 32.2. The fourth-order valence-electron chi connectivity index (χ4n) is 1.52. The Morgan fingerprint density at radius 3 is 3.05 bits per heavy atom. The standard InChI is InChI=1S/C12H21N3O3S/c1-8(6-17-2)14-11(16)10-7-18-12(15-10)9(13)4-5-19-3/h7-9H,4-6,13H2,1-3H3,(H,14,16).